The van der Waals surface area contributed by atoms with Gasteiger partial charge in [0.05, 0.1) is 6.54 Å². The SMILES string of the molecule is c1ccc(CN2OC23CCC(c2ccccc2)CC3)cc1. The van der Waals surface area contributed by atoms with Crippen LogP contribution in [0.5, 0.6) is 0 Å². The zero-order chi connectivity index (χ0) is 14.1. The summed E-state index contributed by atoms with van der Waals surface area (Å²) in [7, 11) is 0. The molecule has 0 aromatic heterocycles. The summed E-state index contributed by atoms with van der Waals surface area (Å²) in [6.07, 6.45) is 4.77. The van der Waals surface area contributed by atoms with E-state index in [0.29, 0.717) is 5.92 Å². The molecule has 0 N–H and O–H groups in total. The second-order valence-electron chi connectivity index (χ2n) is 6.24. The van der Waals surface area contributed by atoms with E-state index >= 15 is 0 Å². The highest BCUT2D eigenvalue weighted by Gasteiger charge is 2.55. The summed E-state index contributed by atoms with van der Waals surface area (Å²) in [5.41, 5.74) is 2.86. The molecule has 1 heterocycles. The van der Waals surface area contributed by atoms with Crippen LogP contribution in [0.4, 0.5) is 0 Å². The first kappa shape index (κ1) is 13.1. The lowest BCUT2D eigenvalue weighted by Crippen LogP contribution is -2.25. The minimum atomic E-state index is 0.0428. The van der Waals surface area contributed by atoms with Crippen LogP contribution < -0.4 is 0 Å². The van der Waals surface area contributed by atoms with Crippen LogP contribution in [0.1, 0.15) is 42.7 Å². The average Bonchev–Trinajstić information content (AvgIpc) is 3.21. The minimum absolute atomic E-state index is 0.0428. The van der Waals surface area contributed by atoms with Crippen molar-refractivity contribution in [1.29, 1.82) is 0 Å². The molecule has 1 unspecified atom stereocenters. The van der Waals surface area contributed by atoms with E-state index in [1.807, 2.05) is 0 Å². The molecule has 4 rings (SSSR count). The Morgan fingerprint density at radius 1 is 0.905 bits per heavy atom. The second-order valence-corrected chi connectivity index (χ2v) is 6.24. The van der Waals surface area contributed by atoms with Crippen molar-refractivity contribution in [2.24, 2.45) is 0 Å². The summed E-state index contributed by atoms with van der Waals surface area (Å²) >= 11 is 0. The van der Waals surface area contributed by atoms with Crippen molar-refractivity contribution < 1.29 is 4.84 Å². The fourth-order valence-corrected chi connectivity index (χ4v) is 3.58. The number of hydrogen-bond donors (Lipinski definition) is 0. The van der Waals surface area contributed by atoms with Crippen LogP contribution in [-0.4, -0.2) is 10.8 Å². The van der Waals surface area contributed by atoms with Crippen molar-refractivity contribution in [3.05, 3.63) is 71.8 Å². The smallest absolute Gasteiger partial charge is 0.165 e. The quantitative estimate of drug-likeness (QED) is 0.769. The monoisotopic (exact) mass is 279 g/mol. The molecule has 0 bridgehead atoms. The topological polar surface area (TPSA) is 15.5 Å². The molecule has 2 aliphatic rings. The predicted molar refractivity (Wildman–Crippen MR) is 83.5 cm³/mol. The van der Waals surface area contributed by atoms with E-state index in [-0.39, 0.29) is 5.72 Å². The Kier molecular flexibility index (Phi) is 3.28. The first-order chi connectivity index (χ1) is 10.4. The van der Waals surface area contributed by atoms with Crippen LogP contribution in [0.2, 0.25) is 0 Å². The van der Waals surface area contributed by atoms with Crippen molar-refractivity contribution in [3.63, 3.8) is 0 Å². The number of hydroxylamine groups is 2. The second kappa shape index (κ2) is 5.28. The summed E-state index contributed by atoms with van der Waals surface area (Å²) in [4.78, 5) is 5.97. The molecule has 0 amide bonds. The number of hydrogen-bond acceptors (Lipinski definition) is 2. The molecule has 2 aromatic rings. The van der Waals surface area contributed by atoms with E-state index in [4.69, 9.17) is 4.84 Å². The maximum atomic E-state index is 5.97. The fraction of sp³-hybridized carbons (Fsp3) is 0.368. The first-order valence-corrected chi connectivity index (χ1v) is 7.91. The predicted octanol–water partition coefficient (Wildman–Crippen LogP) is 4.49. The molecule has 0 radical (unpaired) electrons. The van der Waals surface area contributed by atoms with Crippen molar-refractivity contribution >= 4 is 0 Å². The van der Waals surface area contributed by atoms with Crippen LogP contribution in [0, 0.1) is 0 Å². The van der Waals surface area contributed by atoms with Crippen molar-refractivity contribution in [2.45, 2.75) is 43.9 Å². The Hall–Kier alpha value is -1.64. The van der Waals surface area contributed by atoms with Gasteiger partial charge in [-0.3, -0.25) is 4.84 Å². The molecule has 21 heavy (non-hydrogen) atoms. The lowest BCUT2D eigenvalue weighted by atomic mass is 9.81. The molecule has 108 valence electrons. The van der Waals surface area contributed by atoms with E-state index in [0.717, 1.165) is 19.4 Å². The van der Waals surface area contributed by atoms with Crippen LogP contribution in [-0.2, 0) is 11.4 Å². The van der Waals surface area contributed by atoms with Gasteiger partial charge in [0.1, 0.15) is 0 Å². The third-order valence-corrected chi connectivity index (χ3v) is 4.91. The van der Waals surface area contributed by atoms with E-state index in [9.17, 15) is 0 Å². The van der Waals surface area contributed by atoms with Crippen LogP contribution in [0.3, 0.4) is 0 Å². The van der Waals surface area contributed by atoms with Gasteiger partial charge >= 0.3 is 0 Å². The molecule has 1 aliphatic heterocycles. The standard InChI is InChI=1S/C19H21NO/c1-3-7-16(8-4-1)15-20-19(21-20)13-11-18(12-14-19)17-9-5-2-6-10-17/h1-10,18H,11-15H2. The number of benzene rings is 2. The van der Waals surface area contributed by atoms with Gasteiger partial charge in [0.2, 0.25) is 0 Å². The third-order valence-electron chi connectivity index (χ3n) is 4.91. The van der Waals surface area contributed by atoms with Gasteiger partial charge in [0, 0.05) is 0 Å². The first-order valence-electron chi connectivity index (χ1n) is 7.91. The zero-order valence-corrected chi connectivity index (χ0v) is 12.2. The molecule has 2 aromatic carbocycles. The van der Waals surface area contributed by atoms with Gasteiger partial charge in [0.25, 0.3) is 0 Å². The Morgan fingerprint density at radius 2 is 1.52 bits per heavy atom. The van der Waals surface area contributed by atoms with Gasteiger partial charge in [-0.25, -0.2) is 0 Å². The molecule has 1 saturated carbocycles. The Balaban J connectivity index is 1.36. The van der Waals surface area contributed by atoms with Gasteiger partial charge in [-0.2, -0.15) is 0 Å². The van der Waals surface area contributed by atoms with E-state index in [2.05, 4.69) is 65.7 Å². The van der Waals surface area contributed by atoms with E-state index < -0.39 is 0 Å². The van der Waals surface area contributed by atoms with Gasteiger partial charge in [-0.15, -0.1) is 5.06 Å². The summed E-state index contributed by atoms with van der Waals surface area (Å²) in [6.45, 7) is 0.914. The highest BCUT2D eigenvalue weighted by Crippen LogP contribution is 2.50. The Morgan fingerprint density at radius 3 is 2.19 bits per heavy atom. The molecule has 2 nitrogen and oxygen atoms in total. The lowest BCUT2D eigenvalue weighted by molar-refractivity contribution is 0.177. The molecule has 2 heteroatoms. The van der Waals surface area contributed by atoms with Gasteiger partial charge in [0.15, 0.2) is 5.72 Å². The number of rotatable bonds is 3. The van der Waals surface area contributed by atoms with E-state index in [1.165, 1.54) is 24.0 Å². The van der Waals surface area contributed by atoms with Crippen molar-refractivity contribution in [3.8, 4) is 0 Å². The normalized spacial score (nSPS) is 31.2. The average molecular weight is 279 g/mol. The van der Waals surface area contributed by atoms with Crippen LogP contribution in [0.25, 0.3) is 0 Å². The highest BCUT2D eigenvalue weighted by molar-refractivity contribution is 5.21. The largest absolute Gasteiger partial charge is 0.271 e. The molecule has 1 spiro atoms. The third kappa shape index (κ3) is 2.61. The highest BCUT2D eigenvalue weighted by atomic mass is 16.9. The fourth-order valence-electron chi connectivity index (χ4n) is 3.58. The maximum absolute atomic E-state index is 5.97. The van der Waals surface area contributed by atoms with Crippen LogP contribution >= 0.6 is 0 Å². The molecule has 1 saturated heterocycles. The molecule has 2 fully saturated rings. The summed E-state index contributed by atoms with van der Waals surface area (Å²) in [6, 6.07) is 21.5. The van der Waals surface area contributed by atoms with E-state index in [1.54, 1.807) is 0 Å². The van der Waals surface area contributed by atoms with Crippen molar-refractivity contribution in [1.82, 2.24) is 5.06 Å². The molecular formula is C19H21NO. The summed E-state index contributed by atoms with van der Waals surface area (Å²) in [5.74, 6) is 0.708. The zero-order valence-electron chi connectivity index (χ0n) is 12.2. The molecule has 1 atom stereocenters. The summed E-state index contributed by atoms with van der Waals surface area (Å²) < 4.78 is 0. The van der Waals surface area contributed by atoms with Crippen LogP contribution in [0.15, 0.2) is 60.7 Å². The molecular weight excluding hydrogens is 258 g/mol. The van der Waals surface area contributed by atoms with Gasteiger partial charge in [-0.1, -0.05) is 60.7 Å². The molecule has 1 aliphatic carbocycles. The number of nitrogens with zero attached hydrogens (tertiary/aromatic N) is 1. The lowest BCUT2D eigenvalue weighted by Gasteiger charge is -2.26. The van der Waals surface area contributed by atoms with Gasteiger partial charge < -0.3 is 0 Å². The van der Waals surface area contributed by atoms with Crippen molar-refractivity contribution in [2.75, 3.05) is 0 Å². The Bertz CT molecular complexity index is 587. The summed E-state index contributed by atoms with van der Waals surface area (Å²) in [5, 5.41) is 2.18. The Labute approximate surface area is 126 Å². The minimum Gasteiger partial charge on any atom is -0.271 e. The van der Waals surface area contributed by atoms with Gasteiger partial charge in [-0.05, 0) is 42.7 Å². The maximum Gasteiger partial charge on any atom is 0.165 e.